The van der Waals surface area contributed by atoms with Crippen LogP contribution in [0.5, 0.6) is 0 Å². The Morgan fingerprint density at radius 3 is 2.46 bits per heavy atom. The standard InChI is InChI=1S/C19H18N6S/c1-11(20)15(21)17-18-16(14(10-26-18)13-3-2-6-23-9-13)24-19(25-17)12-4-7-22-8-5-12/h2-11,15H,20-21H2,1H3. The topological polar surface area (TPSA) is 104 Å². The Labute approximate surface area is 155 Å². The lowest BCUT2D eigenvalue weighted by Gasteiger charge is -2.17. The largest absolute Gasteiger partial charge is 0.326 e. The van der Waals surface area contributed by atoms with Crippen LogP contribution in [0.4, 0.5) is 0 Å². The number of nitrogens with zero attached hydrogens (tertiary/aromatic N) is 4. The van der Waals surface area contributed by atoms with Crippen molar-refractivity contribution >= 4 is 21.6 Å². The number of aromatic nitrogens is 4. The minimum atomic E-state index is -0.374. The van der Waals surface area contributed by atoms with Crippen molar-refractivity contribution in [1.82, 2.24) is 19.9 Å². The van der Waals surface area contributed by atoms with Gasteiger partial charge in [-0.25, -0.2) is 9.97 Å². The summed E-state index contributed by atoms with van der Waals surface area (Å²) in [5, 5.41) is 2.07. The van der Waals surface area contributed by atoms with Crippen LogP contribution in [0.15, 0.2) is 54.4 Å². The summed E-state index contributed by atoms with van der Waals surface area (Å²) in [5.41, 5.74) is 17.0. The number of thiophene rings is 1. The Bertz CT molecular complexity index is 1030. The van der Waals surface area contributed by atoms with Crippen LogP contribution >= 0.6 is 11.3 Å². The average Bonchev–Trinajstić information content (AvgIpc) is 3.12. The van der Waals surface area contributed by atoms with Crippen molar-refractivity contribution in [2.24, 2.45) is 11.5 Å². The highest BCUT2D eigenvalue weighted by molar-refractivity contribution is 7.17. The Kier molecular flexibility index (Phi) is 4.42. The maximum absolute atomic E-state index is 6.37. The molecule has 4 rings (SSSR count). The van der Waals surface area contributed by atoms with Gasteiger partial charge in [0.15, 0.2) is 5.82 Å². The lowest BCUT2D eigenvalue weighted by molar-refractivity contribution is 0.579. The van der Waals surface area contributed by atoms with Gasteiger partial charge in [0.2, 0.25) is 0 Å². The Morgan fingerprint density at radius 1 is 0.962 bits per heavy atom. The molecular formula is C19H18N6S. The van der Waals surface area contributed by atoms with Gasteiger partial charge in [0, 0.05) is 52.9 Å². The zero-order valence-electron chi connectivity index (χ0n) is 14.2. The number of hydrogen-bond donors (Lipinski definition) is 2. The van der Waals surface area contributed by atoms with Crippen molar-refractivity contribution in [1.29, 1.82) is 0 Å². The summed E-state index contributed by atoms with van der Waals surface area (Å²) < 4.78 is 0.964. The molecule has 2 atom stereocenters. The molecule has 26 heavy (non-hydrogen) atoms. The van der Waals surface area contributed by atoms with Crippen LogP contribution in [0.2, 0.25) is 0 Å². The first-order valence-electron chi connectivity index (χ1n) is 8.26. The fourth-order valence-corrected chi connectivity index (χ4v) is 3.83. The van der Waals surface area contributed by atoms with Crippen molar-refractivity contribution in [3.8, 4) is 22.5 Å². The molecule has 0 aliphatic carbocycles. The summed E-state index contributed by atoms with van der Waals surface area (Å²) in [6, 6.07) is 7.12. The monoisotopic (exact) mass is 362 g/mol. The van der Waals surface area contributed by atoms with Crippen LogP contribution in [-0.4, -0.2) is 26.0 Å². The van der Waals surface area contributed by atoms with E-state index >= 15 is 0 Å². The van der Waals surface area contributed by atoms with Gasteiger partial charge in [-0.05, 0) is 25.1 Å². The number of nitrogens with two attached hydrogens (primary N) is 2. The van der Waals surface area contributed by atoms with Gasteiger partial charge in [-0.15, -0.1) is 11.3 Å². The Morgan fingerprint density at radius 2 is 1.77 bits per heavy atom. The maximum atomic E-state index is 6.37. The van der Waals surface area contributed by atoms with Crippen molar-refractivity contribution in [2.45, 2.75) is 19.0 Å². The fraction of sp³-hybridized carbons (Fsp3) is 0.158. The number of fused-ring (bicyclic) bond motifs is 1. The summed E-state index contributed by atoms with van der Waals surface area (Å²) in [6.07, 6.45) is 7.04. The zero-order valence-corrected chi connectivity index (χ0v) is 15.0. The molecular weight excluding hydrogens is 344 g/mol. The lowest BCUT2D eigenvalue weighted by Crippen LogP contribution is -2.32. The van der Waals surface area contributed by atoms with E-state index in [0.717, 1.165) is 32.6 Å². The summed E-state index contributed by atoms with van der Waals surface area (Å²) in [6.45, 7) is 1.89. The van der Waals surface area contributed by atoms with Crippen LogP contribution < -0.4 is 11.5 Å². The molecule has 130 valence electrons. The van der Waals surface area contributed by atoms with Gasteiger partial charge in [-0.1, -0.05) is 6.07 Å². The quantitative estimate of drug-likeness (QED) is 0.578. The normalized spacial score (nSPS) is 13.7. The van der Waals surface area contributed by atoms with Gasteiger partial charge >= 0.3 is 0 Å². The molecule has 0 saturated heterocycles. The second-order valence-electron chi connectivity index (χ2n) is 6.12. The lowest BCUT2D eigenvalue weighted by atomic mass is 10.0. The van der Waals surface area contributed by atoms with Crippen molar-refractivity contribution in [3.05, 3.63) is 60.1 Å². The third-order valence-electron chi connectivity index (χ3n) is 4.23. The molecule has 0 aliphatic rings. The van der Waals surface area contributed by atoms with E-state index in [1.54, 1.807) is 29.9 Å². The highest BCUT2D eigenvalue weighted by atomic mass is 32.1. The molecule has 0 aromatic carbocycles. The van der Waals surface area contributed by atoms with Gasteiger partial charge in [0.25, 0.3) is 0 Å². The summed E-state index contributed by atoms with van der Waals surface area (Å²) >= 11 is 1.58. The molecule has 4 heterocycles. The van der Waals surface area contributed by atoms with Crippen molar-refractivity contribution in [2.75, 3.05) is 0 Å². The van der Waals surface area contributed by atoms with Crippen LogP contribution in [0.3, 0.4) is 0 Å². The molecule has 0 spiro atoms. The number of hydrogen-bond acceptors (Lipinski definition) is 7. The molecule has 6 nitrogen and oxygen atoms in total. The van der Waals surface area contributed by atoms with E-state index in [0.29, 0.717) is 5.82 Å². The average molecular weight is 362 g/mol. The first kappa shape index (κ1) is 16.7. The molecule has 7 heteroatoms. The van der Waals surface area contributed by atoms with E-state index in [9.17, 15) is 0 Å². The van der Waals surface area contributed by atoms with E-state index in [4.69, 9.17) is 21.4 Å². The Balaban J connectivity index is 1.99. The zero-order chi connectivity index (χ0) is 18.1. The van der Waals surface area contributed by atoms with E-state index < -0.39 is 0 Å². The van der Waals surface area contributed by atoms with Crippen molar-refractivity contribution < 1.29 is 0 Å². The second-order valence-corrected chi connectivity index (χ2v) is 7.00. The molecule has 4 aromatic rings. The third-order valence-corrected chi connectivity index (χ3v) is 5.23. The highest BCUT2D eigenvalue weighted by Crippen LogP contribution is 2.37. The van der Waals surface area contributed by atoms with Crippen LogP contribution in [0.1, 0.15) is 18.7 Å². The van der Waals surface area contributed by atoms with E-state index in [-0.39, 0.29) is 12.1 Å². The van der Waals surface area contributed by atoms with Gasteiger partial charge in [-0.2, -0.15) is 0 Å². The number of pyridine rings is 2. The molecule has 4 N–H and O–H groups in total. The molecule has 0 aliphatic heterocycles. The smallest absolute Gasteiger partial charge is 0.160 e. The first-order chi connectivity index (χ1) is 12.6. The predicted octanol–water partition coefficient (Wildman–Crippen LogP) is 3.16. The fourth-order valence-electron chi connectivity index (χ4n) is 2.77. The summed E-state index contributed by atoms with van der Waals surface area (Å²) in [4.78, 5) is 17.9. The van der Waals surface area contributed by atoms with Gasteiger partial charge in [0.1, 0.15) is 0 Å². The van der Waals surface area contributed by atoms with Gasteiger partial charge < -0.3 is 11.5 Å². The maximum Gasteiger partial charge on any atom is 0.160 e. The third kappa shape index (κ3) is 2.96. The van der Waals surface area contributed by atoms with Crippen molar-refractivity contribution in [3.63, 3.8) is 0 Å². The molecule has 0 radical (unpaired) electrons. The van der Waals surface area contributed by atoms with Crippen LogP contribution in [0, 0.1) is 0 Å². The highest BCUT2D eigenvalue weighted by Gasteiger charge is 2.21. The van der Waals surface area contributed by atoms with E-state index in [1.807, 2.05) is 37.4 Å². The van der Waals surface area contributed by atoms with E-state index in [2.05, 4.69) is 15.3 Å². The number of rotatable bonds is 4. The van der Waals surface area contributed by atoms with Gasteiger partial charge in [-0.3, -0.25) is 9.97 Å². The molecule has 0 fully saturated rings. The summed E-state index contributed by atoms with van der Waals surface area (Å²) in [7, 11) is 0. The molecule has 2 unspecified atom stereocenters. The van der Waals surface area contributed by atoms with Gasteiger partial charge in [0.05, 0.1) is 22.0 Å². The molecule has 0 bridgehead atoms. The molecule has 0 amide bonds. The predicted molar refractivity (Wildman–Crippen MR) is 104 cm³/mol. The SMILES string of the molecule is CC(N)C(N)c1nc(-c2ccncc2)nc2c(-c3cccnc3)csc12. The summed E-state index contributed by atoms with van der Waals surface area (Å²) in [5.74, 6) is 0.620. The minimum absolute atomic E-state index is 0.220. The molecule has 0 saturated carbocycles. The second kappa shape index (κ2) is 6.87. The van der Waals surface area contributed by atoms with Crippen LogP contribution in [-0.2, 0) is 0 Å². The first-order valence-corrected chi connectivity index (χ1v) is 9.14. The van der Waals surface area contributed by atoms with Crippen LogP contribution in [0.25, 0.3) is 32.7 Å². The Hall–Kier alpha value is -2.74. The van der Waals surface area contributed by atoms with E-state index in [1.165, 1.54) is 0 Å². The minimum Gasteiger partial charge on any atom is -0.326 e. The molecule has 4 aromatic heterocycles.